The van der Waals surface area contributed by atoms with Crippen molar-refractivity contribution in [2.24, 2.45) is 0 Å². The summed E-state index contributed by atoms with van der Waals surface area (Å²) in [6.45, 7) is 0.733. The van der Waals surface area contributed by atoms with Crippen molar-refractivity contribution in [3.8, 4) is 0 Å². The van der Waals surface area contributed by atoms with Gasteiger partial charge in [-0.05, 0) is 30.7 Å². The number of amides is 2. The topological polar surface area (TPSA) is 67.4 Å². The standard InChI is InChI=1S/C23H38N2O3S/c1-28-22(26)20-29-19-15-10-8-6-4-2-3-5-7-9-14-18-24-23(27)25-21-16-12-11-13-17-21/h11-13,16-17H,2-10,14-15,18-20H2,1H3,(H2,24,25,27). The smallest absolute Gasteiger partial charge is 0.319 e. The van der Waals surface area contributed by atoms with Crippen LogP contribution in [-0.4, -0.2) is 37.2 Å². The number of carbonyl (C=O) groups excluding carboxylic acids is 2. The van der Waals surface area contributed by atoms with Crippen molar-refractivity contribution in [1.82, 2.24) is 5.32 Å². The number of ether oxygens (including phenoxy) is 1. The molecule has 2 N–H and O–H groups in total. The summed E-state index contributed by atoms with van der Waals surface area (Å²) in [7, 11) is 1.44. The number of esters is 1. The highest BCUT2D eigenvalue weighted by Crippen LogP contribution is 2.13. The average molecular weight is 423 g/mol. The Labute approximate surface area is 180 Å². The summed E-state index contributed by atoms with van der Waals surface area (Å²) in [6, 6.07) is 9.38. The molecule has 0 saturated carbocycles. The number of benzene rings is 1. The van der Waals surface area contributed by atoms with Gasteiger partial charge in [0.05, 0.1) is 12.9 Å². The van der Waals surface area contributed by atoms with Crippen molar-refractivity contribution < 1.29 is 14.3 Å². The van der Waals surface area contributed by atoms with Crippen LogP contribution >= 0.6 is 11.8 Å². The van der Waals surface area contributed by atoms with Gasteiger partial charge in [0.15, 0.2) is 0 Å². The number of carbonyl (C=O) groups is 2. The van der Waals surface area contributed by atoms with Crippen LogP contribution in [-0.2, 0) is 9.53 Å². The second kappa shape index (κ2) is 18.3. The van der Waals surface area contributed by atoms with E-state index < -0.39 is 0 Å². The van der Waals surface area contributed by atoms with Gasteiger partial charge in [0, 0.05) is 12.2 Å². The zero-order valence-corrected chi connectivity index (χ0v) is 18.7. The highest BCUT2D eigenvalue weighted by Gasteiger charge is 2.01. The van der Waals surface area contributed by atoms with Gasteiger partial charge < -0.3 is 15.4 Å². The Balaban J connectivity index is 1.76. The maximum Gasteiger partial charge on any atom is 0.319 e. The molecule has 0 spiro atoms. The first-order chi connectivity index (χ1) is 14.2. The normalized spacial score (nSPS) is 10.5. The van der Waals surface area contributed by atoms with Crippen molar-refractivity contribution in [2.75, 3.05) is 30.5 Å². The summed E-state index contributed by atoms with van der Waals surface area (Å²) in [5, 5.41) is 5.74. The molecule has 0 aliphatic carbocycles. The molecule has 1 rings (SSSR count). The highest BCUT2D eigenvalue weighted by molar-refractivity contribution is 7.99. The Morgan fingerprint density at radius 3 is 1.97 bits per heavy atom. The summed E-state index contributed by atoms with van der Waals surface area (Å²) in [5.41, 5.74) is 0.822. The summed E-state index contributed by atoms with van der Waals surface area (Å²) in [5.74, 6) is 1.41. The molecule has 164 valence electrons. The van der Waals surface area contributed by atoms with Crippen LogP contribution in [0.2, 0.25) is 0 Å². The number of methoxy groups -OCH3 is 1. The molecule has 29 heavy (non-hydrogen) atoms. The molecule has 0 aromatic heterocycles. The van der Waals surface area contributed by atoms with Crippen LogP contribution < -0.4 is 10.6 Å². The van der Waals surface area contributed by atoms with Crippen LogP contribution in [0.15, 0.2) is 30.3 Å². The van der Waals surface area contributed by atoms with E-state index in [0.29, 0.717) is 5.75 Å². The summed E-state index contributed by atoms with van der Waals surface area (Å²) in [6.07, 6.45) is 13.8. The van der Waals surface area contributed by atoms with Crippen LogP contribution in [0.25, 0.3) is 0 Å². The second-order valence-corrected chi connectivity index (χ2v) is 8.37. The Bertz CT molecular complexity index is 540. The summed E-state index contributed by atoms with van der Waals surface area (Å²) >= 11 is 1.67. The van der Waals surface area contributed by atoms with Gasteiger partial charge in [-0.3, -0.25) is 4.79 Å². The summed E-state index contributed by atoms with van der Waals surface area (Å²) < 4.78 is 4.62. The van der Waals surface area contributed by atoms with E-state index in [1.54, 1.807) is 11.8 Å². The molecule has 1 aromatic rings. The van der Waals surface area contributed by atoms with E-state index in [1.807, 2.05) is 30.3 Å². The van der Waals surface area contributed by atoms with Crippen LogP contribution in [0.3, 0.4) is 0 Å². The van der Waals surface area contributed by atoms with Gasteiger partial charge >= 0.3 is 12.0 Å². The third-order valence-electron chi connectivity index (χ3n) is 4.73. The van der Waals surface area contributed by atoms with E-state index in [2.05, 4.69) is 15.4 Å². The van der Waals surface area contributed by atoms with Crippen LogP contribution in [0.4, 0.5) is 10.5 Å². The molecule has 0 radical (unpaired) electrons. The van der Waals surface area contributed by atoms with E-state index >= 15 is 0 Å². The Hall–Kier alpha value is -1.69. The highest BCUT2D eigenvalue weighted by atomic mass is 32.2. The predicted octanol–water partition coefficient (Wildman–Crippen LogP) is 6.01. The maximum absolute atomic E-state index is 11.7. The van der Waals surface area contributed by atoms with E-state index in [4.69, 9.17) is 0 Å². The number of para-hydroxylation sites is 1. The molecule has 0 bridgehead atoms. The van der Waals surface area contributed by atoms with E-state index in [-0.39, 0.29) is 12.0 Å². The third kappa shape index (κ3) is 15.9. The van der Waals surface area contributed by atoms with Gasteiger partial charge in [-0.25, -0.2) is 4.79 Å². The lowest BCUT2D eigenvalue weighted by Gasteiger charge is -2.07. The lowest BCUT2D eigenvalue weighted by molar-refractivity contribution is -0.137. The second-order valence-electron chi connectivity index (χ2n) is 7.26. The van der Waals surface area contributed by atoms with E-state index in [9.17, 15) is 9.59 Å². The minimum absolute atomic E-state index is 0.125. The fraction of sp³-hybridized carbons (Fsp3) is 0.652. The lowest BCUT2D eigenvalue weighted by Crippen LogP contribution is -2.29. The van der Waals surface area contributed by atoms with Crippen LogP contribution in [0.1, 0.15) is 70.6 Å². The first-order valence-corrected chi connectivity index (χ1v) is 12.1. The Kier molecular flexibility index (Phi) is 16.0. The van der Waals surface area contributed by atoms with Crippen molar-refractivity contribution >= 4 is 29.4 Å². The molecule has 2 amide bonds. The number of thioether (sulfide) groups is 1. The van der Waals surface area contributed by atoms with Gasteiger partial charge in [0.1, 0.15) is 0 Å². The number of nitrogens with one attached hydrogen (secondary N) is 2. The largest absolute Gasteiger partial charge is 0.468 e. The molecular formula is C23H38N2O3S. The third-order valence-corrected chi connectivity index (χ3v) is 5.75. The first-order valence-electron chi connectivity index (χ1n) is 11.0. The van der Waals surface area contributed by atoms with Crippen molar-refractivity contribution in [3.63, 3.8) is 0 Å². The van der Waals surface area contributed by atoms with Gasteiger partial charge in [0.25, 0.3) is 0 Å². The molecule has 0 fully saturated rings. The number of anilines is 1. The van der Waals surface area contributed by atoms with Gasteiger partial charge in [-0.2, -0.15) is 11.8 Å². The minimum atomic E-state index is -0.127. The number of hydrogen-bond acceptors (Lipinski definition) is 4. The Morgan fingerprint density at radius 1 is 0.828 bits per heavy atom. The summed E-state index contributed by atoms with van der Waals surface area (Å²) in [4.78, 5) is 22.7. The van der Waals surface area contributed by atoms with Gasteiger partial charge in [0.2, 0.25) is 0 Å². The number of urea groups is 1. The van der Waals surface area contributed by atoms with Crippen LogP contribution in [0.5, 0.6) is 0 Å². The SMILES string of the molecule is COC(=O)CSCCCCCCCCCCCCCNC(=O)Nc1ccccc1. The van der Waals surface area contributed by atoms with Crippen molar-refractivity contribution in [3.05, 3.63) is 30.3 Å². The number of rotatable bonds is 17. The monoisotopic (exact) mass is 422 g/mol. The quantitative estimate of drug-likeness (QED) is 0.238. The van der Waals surface area contributed by atoms with Crippen LogP contribution in [0, 0.1) is 0 Å². The molecule has 0 unspecified atom stereocenters. The molecule has 1 aromatic carbocycles. The molecular weight excluding hydrogens is 384 g/mol. The minimum Gasteiger partial charge on any atom is -0.468 e. The Morgan fingerprint density at radius 2 is 1.38 bits per heavy atom. The molecule has 0 saturated heterocycles. The maximum atomic E-state index is 11.7. The number of unbranched alkanes of at least 4 members (excludes halogenated alkanes) is 10. The lowest BCUT2D eigenvalue weighted by atomic mass is 10.1. The van der Waals surface area contributed by atoms with E-state index in [0.717, 1.165) is 24.4 Å². The fourth-order valence-electron chi connectivity index (χ4n) is 3.03. The zero-order chi connectivity index (χ0) is 21.0. The molecule has 0 atom stereocenters. The van der Waals surface area contributed by atoms with Gasteiger partial charge in [-0.1, -0.05) is 76.0 Å². The predicted molar refractivity (Wildman–Crippen MR) is 124 cm³/mol. The molecule has 5 nitrogen and oxygen atoms in total. The van der Waals surface area contributed by atoms with Gasteiger partial charge in [-0.15, -0.1) is 0 Å². The molecule has 0 aliphatic heterocycles. The molecule has 6 heteroatoms. The van der Waals surface area contributed by atoms with Crippen molar-refractivity contribution in [2.45, 2.75) is 70.6 Å². The van der Waals surface area contributed by atoms with Crippen molar-refractivity contribution in [1.29, 1.82) is 0 Å². The van der Waals surface area contributed by atoms with E-state index in [1.165, 1.54) is 71.3 Å². The molecule has 0 heterocycles. The fourth-order valence-corrected chi connectivity index (χ4v) is 3.87. The first kappa shape index (κ1) is 25.3. The zero-order valence-electron chi connectivity index (χ0n) is 17.9. The average Bonchev–Trinajstić information content (AvgIpc) is 2.73. The number of hydrogen-bond donors (Lipinski definition) is 2. The molecule has 0 aliphatic rings.